The summed E-state index contributed by atoms with van der Waals surface area (Å²) in [6.07, 6.45) is 36.7. The highest BCUT2D eigenvalue weighted by atomic mass is 15.2. The molecule has 10 nitrogen and oxygen atoms in total. The summed E-state index contributed by atoms with van der Waals surface area (Å²) in [5.41, 5.74) is 0. The molecule has 0 aromatic heterocycles. The summed E-state index contributed by atoms with van der Waals surface area (Å²) in [6.45, 7) is 59.1. The molecule has 7 aliphatic rings. The Kier molecular flexibility index (Phi) is 306. The lowest BCUT2D eigenvalue weighted by Gasteiger charge is -1.61. The Balaban J connectivity index is -0.0000000340. The summed E-state index contributed by atoms with van der Waals surface area (Å²) < 4.78 is 0. The minimum Gasteiger partial charge on any atom is -0.289 e. The molecule has 0 saturated heterocycles. The number of aliphatic imine (C=N–C) groups is 6. The van der Waals surface area contributed by atoms with Crippen LogP contribution in [0.5, 0.6) is 0 Å². The molecule has 63 heavy (non-hydrogen) atoms. The first-order chi connectivity index (χ1) is 31.5. The number of azo groups is 1. The molecule has 0 unspecified atom stereocenters. The summed E-state index contributed by atoms with van der Waals surface area (Å²) >= 11 is 0. The summed E-state index contributed by atoms with van der Waals surface area (Å²) in [5, 5.41) is 14.2. The molecule has 0 spiro atoms. The zero-order chi connectivity index (χ0) is 52.7. The quantitative estimate of drug-likeness (QED) is 0.230. The largest absolute Gasteiger partial charge is 0.289 e. The van der Waals surface area contributed by atoms with Gasteiger partial charge in [0.1, 0.15) is 13.0 Å². The molecule has 7 rings (SSSR count). The third-order valence-corrected chi connectivity index (χ3v) is 3.50. The summed E-state index contributed by atoms with van der Waals surface area (Å²) in [5.74, 6) is 0. The van der Waals surface area contributed by atoms with Crippen molar-refractivity contribution in [3.05, 3.63) is 61.0 Å². The molecule has 0 amide bonds. The average Bonchev–Trinajstić information content (AvgIpc) is 4.29. The van der Waals surface area contributed by atoms with Gasteiger partial charge in [0.15, 0.2) is 0 Å². The van der Waals surface area contributed by atoms with E-state index in [1.807, 2.05) is 224 Å². The van der Waals surface area contributed by atoms with E-state index in [0.717, 1.165) is 38.9 Å². The second-order valence-corrected chi connectivity index (χ2v) is 6.26. The molecular weight excluding hydrogens is 777 g/mol. The number of allylic oxidation sites excluding steroid dienone is 6. The topological polar surface area (TPSA) is 124 Å². The fourth-order valence-corrected chi connectivity index (χ4v) is 1.94. The lowest BCUT2D eigenvalue weighted by Crippen LogP contribution is -1.65. The smallest absolute Gasteiger partial charge is 0.129 e. The van der Waals surface area contributed by atoms with E-state index < -0.39 is 0 Å². The third kappa shape index (κ3) is 190. The van der Waals surface area contributed by atoms with Crippen molar-refractivity contribution in [3.8, 4) is 0 Å². The summed E-state index contributed by atoms with van der Waals surface area (Å²) in [6, 6.07) is 0. The van der Waals surface area contributed by atoms with Gasteiger partial charge in [-0.1, -0.05) is 230 Å². The highest BCUT2D eigenvalue weighted by molar-refractivity contribution is 6.17. The van der Waals surface area contributed by atoms with Gasteiger partial charge in [0.05, 0.1) is 19.6 Å². The van der Waals surface area contributed by atoms with Crippen molar-refractivity contribution in [2.45, 2.75) is 213 Å². The Hall–Kier alpha value is -4.34. The van der Waals surface area contributed by atoms with Gasteiger partial charge in [-0.3, -0.25) is 25.0 Å². The van der Waals surface area contributed by atoms with Gasteiger partial charge in [-0.2, -0.15) is 20.4 Å². The van der Waals surface area contributed by atoms with E-state index in [2.05, 4.69) is 74.7 Å². The maximum absolute atomic E-state index is 3.85. The Morgan fingerprint density at radius 2 is 0.762 bits per heavy atom. The van der Waals surface area contributed by atoms with Crippen molar-refractivity contribution < 1.29 is 0 Å². The molecular formula is C53H116N10. The van der Waals surface area contributed by atoms with Crippen molar-refractivity contribution >= 4 is 49.8 Å². The van der Waals surface area contributed by atoms with Crippen LogP contribution in [0.1, 0.15) is 213 Å². The zero-order valence-corrected chi connectivity index (χ0v) is 47.8. The molecule has 6 heterocycles. The van der Waals surface area contributed by atoms with Gasteiger partial charge in [-0.05, 0) is 18.6 Å². The predicted molar refractivity (Wildman–Crippen MR) is 311 cm³/mol. The molecule has 0 radical (unpaired) electrons. The molecule has 0 bridgehead atoms. The van der Waals surface area contributed by atoms with Gasteiger partial charge in [0.25, 0.3) is 0 Å². The van der Waals surface area contributed by atoms with Crippen LogP contribution in [-0.2, 0) is 0 Å². The molecule has 0 fully saturated rings. The number of nitrogens with zero attached hydrogens (tertiary/aromatic N) is 10. The number of hydrogen-bond acceptors (Lipinski definition) is 10. The molecule has 10 heteroatoms. The van der Waals surface area contributed by atoms with E-state index in [9.17, 15) is 0 Å². The monoisotopic (exact) mass is 893 g/mol. The van der Waals surface area contributed by atoms with Gasteiger partial charge in [0, 0.05) is 68.7 Å². The fraction of sp³-hybridized carbons (Fsp3) is 0.660. The highest BCUT2D eigenvalue weighted by Crippen LogP contribution is 1.93. The van der Waals surface area contributed by atoms with Crippen molar-refractivity contribution in [3.63, 3.8) is 0 Å². The molecule has 1 aliphatic carbocycles. The van der Waals surface area contributed by atoms with E-state index in [1.165, 1.54) is 0 Å². The Morgan fingerprint density at radius 3 is 0.873 bits per heavy atom. The second-order valence-electron chi connectivity index (χ2n) is 6.26. The third-order valence-electron chi connectivity index (χ3n) is 3.50. The molecule has 378 valence electrons. The van der Waals surface area contributed by atoms with Gasteiger partial charge >= 0.3 is 0 Å². The van der Waals surface area contributed by atoms with Crippen LogP contribution >= 0.6 is 0 Å². The Morgan fingerprint density at radius 1 is 0.302 bits per heavy atom. The fourth-order valence-electron chi connectivity index (χ4n) is 1.94. The van der Waals surface area contributed by atoms with Crippen LogP contribution < -0.4 is 0 Å². The first-order valence-electron chi connectivity index (χ1n) is 25.2. The standard InChI is InChI=1S/C5H6.2C4H5N.4C3H4N2.14C2H6/c3*1-2-4-5-3-1;2*1-2-5-3-4-1;2*1-2-4-5-3-1;14*1-2/h1-4H,5H2;1,3-4H,2H2;1-3H,4H2;1,3H,2H2;1-2H,3H2;2-3H,1H2;1-2H,3H2;14*1-2H3. The lowest BCUT2D eigenvalue weighted by atomic mass is 10.5. The van der Waals surface area contributed by atoms with Crippen molar-refractivity contribution in [1.29, 1.82) is 0 Å². The lowest BCUT2D eigenvalue weighted by molar-refractivity contribution is 1.11. The predicted octanol–water partition coefficient (Wildman–Crippen LogP) is 19.1. The summed E-state index contributed by atoms with van der Waals surface area (Å²) in [7, 11) is 0. The van der Waals surface area contributed by atoms with Crippen LogP contribution in [0.4, 0.5) is 0 Å². The van der Waals surface area contributed by atoms with Gasteiger partial charge < -0.3 is 0 Å². The minimum atomic E-state index is 0.639. The Bertz CT molecular complexity index is 663. The average molecular weight is 894 g/mol. The van der Waals surface area contributed by atoms with Gasteiger partial charge in [0.2, 0.25) is 0 Å². The van der Waals surface area contributed by atoms with Gasteiger partial charge in [-0.15, -0.1) is 0 Å². The molecule has 0 saturated carbocycles. The Labute approximate surface area is 399 Å². The number of rotatable bonds is 0. The second kappa shape index (κ2) is 197. The first-order valence-corrected chi connectivity index (χ1v) is 25.2. The molecule has 0 aromatic carbocycles. The van der Waals surface area contributed by atoms with Gasteiger partial charge in [-0.25, -0.2) is 4.99 Å². The highest BCUT2D eigenvalue weighted by Gasteiger charge is 1.76. The number of hydrogen-bond donors (Lipinski definition) is 0. The van der Waals surface area contributed by atoms with E-state index in [1.54, 1.807) is 56.0 Å². The van der Waals surface area contributed by atoms with Crippen molar-refractivity contribution in [2.75, 3.05) is 26.3 Å². The molecule has 0 N–H and O–H groups in total. The molecule has 0 atom stereocenters. The first kappa shape index (κ1) is 97.8. The van der Waals surface area contributed by atoms with E-state index in [4.69, 9.17) is 0 Å². The van der Waals surface area contributed by atoms with Crippen LogP contribution in [0.15, 0.2) is 111 Å². The normalized spacial score (nSPS) is 11.1. The van der Waals surface area contributed by atoms with Crippen LogP contribution in [-0.4, -0.2) is 76.1 Å². The van der Waals surface area contributed by atoms with Crippen molar-refractivity contribution in [1.82, 2.24) is 0 Å². The van der Waals surface area contributed by atoms with E-state index in [0.29, 0.717) is 6.67 Å². The van der Waals surface area contributed by atoms with Crippen LogP contribution in [0.2, 0.25) is 0 Å². The van der Waals surface area contributed by atoms with E-state index in [-0.39, 0.29) is 0 Å². The van der Waals surface area contributed by atoms with E-state index >= 15 is 0 Å². The molecule has 6 aliphatic heterocycles. The summed E-state index contributed by atoms with van der Waals surface area (Å²) in [4.78, 5) is 22.5. The van der Waals surface area contributed by atoms with Crippen LogP contribution in [0.3, 0.4) is 0 Å². The molecule has 0 aromatic rings. The SMILES string of the molecule is C1=CCC=C1.C1=CCN=C1.C1=CN=CC1.C1=CN=NC1.C1=NC=NC1.C1=NCN=C1.C1=NN=CC1.CC.CC.CC.CC.CC.CC.CC.CC.CC.CC.CC.CC.CC.CC. The zero-order valence-electron chi connectivity index (χ0n) is 47.8. The maximum atomic E-state index is 3.85. The van der Waals surface area contributed by atoms with Crippen LogP contribution in [0.25, 0.3) is 0 Å². The van der Waals surface area contributed by atoms with Crippen LogP contribution in [0, 0.1) is 0 Å². The maximum Gasteiger partial charge on any atom is 0.129 e. The van der Waals surface area contributed by atoms with Crippen molar-refractivity contribution in [2.24, 2.45) is 50.4 Å². The minimum absolute atomic E-state index is 0.639.